The standard InChI is InChI=1S/C14H20N6/c1-2-6-15-11(3-1)9-20(12-4-5-12)13-14-18-17-10-19(14)8-7-16-13/h7-8,10-12,15H,1-6,9H2. The van der Waals surface area contributed by atoms with Crippen LogP contribution in [0.1, 0.15) is 32.1 Å². The molecule has 6 heteroatoms. The average Bonchev–Trinajstić information content (AvgIpc) is 3.22. The minimum absolute atomic E-state index is 0.578. The zero-order chi connectivity index (χ0) is 13.4. The second-order valence-corrected chi connectivity index (χ2v) is 5.84. The van der Waals surface area contributed by atoms with Crippen LogP contribution in [-0.4, -0.2) is 44.8 Å². The number of hydrogen-bond acceptors (Lipinski definition) is 5. The molecular weight excluding hydrogens is 252 g/mol. The van der Waals surface area contributed by atoms with Crippen LogP contribution in [0.2, 0.25) is 0 Å². The average molecular weight is 272 g/mol. The minimum atomic E-state index is 0.578. The number of anilines is 1. The first-order chi connectivity index (χ1) is 9.92. The van der Waals surface area contributed by atoms with Crippen LogP contribution in [0.25, 0.3) is 5.65 Å². The molecule has 6 nitrogen and oxygen atoms in total. The summed E-state index contributed by atoms with van der Waals surface area (Å²) in [5.41, 5.74) is 0.871. The predicted octanol–water partition coefficient (Wildman–Crippen LogP) is 1.24. The summed E-state index contributed by atoms with van der Waals surface area (Å²) >= 11 is 0. The summed E-state index contributed by atoms with van der Waals surface area (Å²) in [7, 11) is 0. The fourth-order valence-corrected chi connectivity index (χ4v) is 3.06. The number of nitrogens with one attached hydrogen (secondary N) is 1. The van der Waals surface area contributed by atoms with Gasteiger partial charge in [0.1, 0.15) is 6.33 Å². The van der Waals surface area contributed by atoms with Crippen molar-refractivity contribution in [1.29, 1.82) is 0 Å². The molecule has 0 bridgehead atoms. The largest absolute Gasteiger partial charge is 0.349 e. The Morgan fingerprint density at radius 1 is 1.30 bits per heavy atom. The maximum atomic E-state index is 4.58. The first-order valence-electron chi connectivity index (χ1n) is 7.56. The lowest BCUT2D eigenvalue weighted by Crippen LogP contribution is -2.45. The summed E-state index contributed by atoms with van der Waals surface area (Å²) in [6.07, 6.45) is 11.9. The first kappa shape index (κ1) is 12.1. The molecule has 2 aliphatic rings. The summed E-state index contributed by atoms with van der Waals surface area (Å²) in [6, 6.07) is 1.21. The molecule has 3 heterocycles. The van der Waals surface area contributed by atoms with Crippen molar-refractivity contribution in [2.45, 2.75) is 44.2 Å². The molecule has 1 atom stereocenters. The van der Waals surface area contributed by atoms with E-state index in [4.69, 9.17) is 0 Å². The lowest BCUT2D eigenvalue weighted by Gasteiger charge is -2.31. The van der Waals surface area contributed by atoms with Crippen molar-refractivity contribution >= 4 is 11.5 Å². The maximum Gasteiger partial charge on any atom is 0.203 e. The van der Waals surface area contributed by atoms with E-state index in [1.807, 2.05) is 16.8 Å². The third-order valence-electron chi connectivity index (χ3n) is 4.29. The van der Waals surface area contributed by atoms with Gasteiger partial charge in [-0.05, 0) is 32.2 Å². The van der Waals surface area contributed by atoms with Gasteiger partial charge in [0, 0.05) is 31.0 Å². The Balaban J connectivity index is 1.63. The van der Waals surface area contributed by atoms with Crippen LogP contribution in [-0.2, 0) is 0 Å². The van der Waals surface area contributed by atoms with E-state index in [0.717, 1.165) is 24.6 Å². The summed E-state index contributed by atoms with van der Waals surface area (Å²) in [6.45, 7) is 2.18. The highest BCUT2D eigenvalue weighted by atomic mass is 15.3. The molecule has 0 amide bonds. The van der Waals surface area contributed by atoms with Gasteiger partial charge in [0.15, 0.2) is 5.82 Å². The first-order valence-corrected chi connectivity index (χ1v) is 7.56. The van der Waals surface area contributed by atoms with Crippen molar-refractivity contribution in [3.05, 3.63) is 18.7 Å². The van der Waals surface area contributed by atoms with Gasteiger partial charge in [0.2, 0.25) is 5.65 Å². The normalized spacial score (nSPS) is 23.1. The van der Waals surface area contributed by atoms with E-state index >= 15 is 0 Å². The van der Waals surface area contributed by atoms with Gasteiger partial charge in [0.25, 0.3) is 0 Å². The van der Waals surface area contributed by atoms with E-state index in [-0.39, 0.29) is 0 Å². The molecule has 2 aromatic heterocycles. The Hall–Kier alpha value is -1.69. The molecule has 1 aliphatic heterocycles. The second kappa shape index (κ2) is 5.01. The third kappa shape index (κ3) is 2.24. The Labute approximate surface area is 118 Å². The zero-order valence-corrected chi connectivity index (χ0v) is 11.6. The second-order valence-electron chi connectivity index (χ2n) is 5.84. The third-order valence-corrected chi connectivity index (χ3v) is 4.29. The molecule has 4 rings (SSSR count). The topological polar surface area (TPSA) is 58.4 Å². The zero-order valence-electron chi connectivity index (χ0n) is 11.6. The molecule has 1 aliphatic carbocycles. The SMILES string of the molecule is c1cn2cnnc2c(N(CC2CCCCN2)C2CC2)n1. The molecule has 0 aromatic carbocycles. The molecule has 1 unspecified atom stereocenters. The molecule has 1 N–H and O–H groups in total. The number of rotatable bonds is 4. The van der Waals surface area contributed by atoms with Crippen LogP contribution in [0.3, 0.4) is 0 Å². The highest BCUT2D eigenvalue weighted by Crippen LogP contribution is 2.32. The Kier molecular flexibility index (Phi) is 3.03. The highest BCUT2D eigenvalue weighted by Gasteiger charge is 2.33. The molecule has 0 radical (unpaired) electrons. The van der Waals surface area contributed by atoms with Crippen molar-refractivity contribution in [2.75, 3.05) is 18.0 Å². The maximum absolute atomic E-state index is 4.58. The molecule has 20 heavy (non-hydrogen) atoms. The fourth-order valence-electron chi connectivity index (χ4n) is 3.06. The van der Waals surface area contributed by atoms with Gasteiger partial charge in [-0.2, -0.15) is 0 Å². The molecule has 2 fully saturated rings. The monoisotopic (exact) mass is 272 g/mol. The number of piperidine rings is 1. The van der Waals surface area contributed by atoms with Gasteiger partial charge in [-0.3, -0.25) is 4.40 Å². The van der Waals surface area contributed by atoms with Crippen molar-refractivity contribution in [1.82, 2.24) is 24.9 Å². The number of hydrogen-bond donors (Lipinski definition) is 1. The number of nitrogens with zero attached hydrogens (tertiary/aromatic N) is 5. The quantitative estimate of drug-likeness (QED) is 0.907. The predicted molar refractivity (Wildman–Crippen MR) is 76.8 cm³/mol. The van der Waals surface area contributed by atoms with E-state index in [1.165, 1.54) is 32.1 Å². The Bertz CT molecular complexity index is 584. The van der Waals surface area contributed by atoms with Crippen LogP contribution in [0.4, 0.5) is 5.82 Å². The molecule has 1 saturated heterocycles. The summed E-state index contributed by atoms with van der Waals surface area (Å²) in [5, 5.41) is 11.9. The van der Waals surface area contributed by atoms with Crippen LogP contribution in [0, 0.1) is 0 Å². The minimum Gasteiger partial charge on any atom is -0.349 e. The smallest absolute Gasteiger partial charge is 0.203 e. The lowest BCUT2D eigenvalue weighted by molar-refractivity contribution is 0.398. The van der Waals surface area contributed by atoms with Gasteiger partial charge in [-0.25, -0.2) is 4.98 Å². The van der Waals surface area contributed by atoms with Crippen LogP contribution < -0.4 is 10.2 Å². The van der Waals surface area contributed by atoms with Crippen molar-refractivity contribution in [2.24, 2.45) is 0 Å². The van der Waals surface area contributed by atoms with Gasteiger partial charge in [-0.15, -0.1) is 10.2 Å². The molecule has 2 aromatic rings. The van der Waals surface area contributed by atoms with Gasteiger partial charge < -0.3 is 10.2 Å². The van der Waals surface area contributed by atoms with Crippen molar-refractivity contribution in [3.8, 4) is 0 Å². The summed E-state index contributed by atoms with van der Waals surface area (Å²) in [4.78, 5) is 7.02. The van der Waals surface area contributed by atoms with E-state index in [1.54, 1.807) is 6.33 Å². The molecular formula is C14H20N6. The van der Waals surface area contributed by atoms with Crippen molar-refractivity contribution in [3.63, 3.8) is 0 Å². The number of fused-ring (bicyclic) bond motifs is 1. The molecule has 0 spiro atoms. The van der Waals surface area contributed by atoms with Gasteiger partial charge in [0.05, 0.1) is 0 Å². The van der Waals surface area contributed by atoms with Gasteiger partial charge in [-0.1, -0.05) is 6.42 Å². The molecule has 106 valence electrons. The van der Waals surface area contributed by atoms with E-state index in [9.17, 15) is 0 Å². The molecule has 1 saturated carbocycles. The Morgan fingerprint density at radius 2 is 2.25 bits per heavy atom. The highest BCUT2D eigenvalue weighted by molar-refractivity contribution is 5.64. The summed E-state index contributed by atoms with van der Waals surface area (Å²) < 4.78 is 1.95. The van der Waals surface area contributed by atoms with Crippen LogP contribution in [0.5, 0.6) is 0 Å². The van der Waals surface area contributed by atoms with Crippen molar-refractivity contribution < 1.29 is 0 Å². The van der Waals surface area contributed by atoms with Gasteiger partial charge >= 0.3 is 0 Å². The van der Waals surface area contributed by atoms with E-state index < -0.39 is 0 Å². The van der Waals surface area contributed by atoms with Crippen LogP contribution in [0.15, 0.2) is 18.7 Å². The number of aromatic nitrogens is 4. The van der Waals surface area contributed by atoms with Crippen LogP contribution >= 0.6 is 0 Å². The lowest BCUT2D eigenvalue weighted by atomic mass is 10.0. The van der Waals surface area contributed by atoms with E-state index in [2.05, 4.69) is 25.4 Å². The fraction of sp³-hybridized carbons (Fsp3) is 0.643. The van der Waals surface area contributed by atoms with E-state index in [0.29, 0.717) is 12.1 Å². The summed E-state index contributed by atoms with van der Waals surface area (Å²) in [5.74, 6) is 0.986. The Morgan fingerprint density at radius 3 is 3.05 bits per heavy atom.